The summed E-state index contributed by atoms with van der Waals surface area (Å²) in [5.41, 5.74) is 1.06. The molecule has 0 aliphatic carbocycles. The molecule has 1 aromatic carbocycles. The second-order valence-electron chi connectivity index (χ2n) is 7.08. The molecule has 0 bridgehead atoms. The number of thiazole rings is 1. The summed E-state index contributed by atoms with van der Waals surface area (Å²) in [6, 6.07) is 7.76. The first-order valence-electron chi connectivity index (χ1n) is 9.64. The molecule has 1 atom stereocenters. The van der Waals surface area contributed by atoms with Crippen molar-refractivity contribution < 1.29 is 14.3 Å². The molecule has 150 valence electrons. The van der Waals surface area contributed by atoms with Gasteiger partial charge in [0.05, 0.1) is 13.2 Å². The van der Waals surface area contributed by atoms with Gasteiger partial charge in [0.15, 0.2) is 0 Å². The lowest BCUT2D eigenvalue weighted by Crippen LogP contribution is -2.42. The predicted octanol–water partition coefficient (Wildman–Crippen LogP) is 3.20. The molecule has 2 heterocycles. The van der Waals surface area contributed by atoms with E-state index in [0.717, 1.165) is 42.3 Å². The highest BCUT2D eigenvalue weighted by Crippen LogP contribution is 2.32. The van der Waals surface area contributed by atoms with E-state index in [1.807, 2.05) is 34.5 Å². The number of carbonyl (C=O) groups is 2. The van der Waals surface area contributed by atoms with Gasteiger partial charge in [0.25, 0.3) is 0 Å². The number of hydrogen-bond acceptors (Lipinski definition) is 5. The number of ether oxygens (including phenoxy) is 1. The number of amides is 2. The van der Waals surface area contributed by atoms with Crippen LogP contribution in [-0.2, 0) is 16.0 Å². The summed E-state index contributed by atoms with van der Waals surface area (Å²) in [6.45, 7) is 2.98. The van der Waals surface area contributed by atoms with E-state index in [-0.39, 0.29) is 17.9 Å². The summed E-state index contributed by atoms with van der Waals surface area (Å²) in [6.07, 6.45) is 4.66. The molecule has 0 saturated carbocycles. The number of nitrogens with zero attached hydrogens (tertiary/aromatic N) is 2. The summed E-state index contributed by atoms with van der Waals surface area (Å²) < 4.78 is 5.37. The number of likely N-dealkylation sites (tertiary alicyclic amines) is 1. The molecule has 0 radical (unpaired) electrons. The van der Waals surface area contributed by atoms with Crippen LogP contribution < -0.4 is 10.1 Å². The van der Waals surface area contributed by atoms with E-state index >= 15 is 0 Å². The van der Waals surface area contributed by atoms with Crippen molar-refractivity contribution in [2.75, 3.05) is 20.2 Å². The van der Waals surface area contributed by atoms with E-state index in [0.29, 0.717) is 18.8 Å². The molecule has 2 amide bonds. The van der Waals surface area contributed by atoms with Gasteiger partial charge in [-0.2, -0.15) is 0 Å². The van der Waals surface area contributed by atoms with Gasteiger partial charge in [-0.05, 0) is 36.8 Å². The summed E-state index contributed by atoms with van der Waals surface area (Å²) in [4.78, 5) is 30.6. The van der Waals surface area contributed by atoms with Crippen molar-refractivity contribution in [3.8, 4) is 5.75 Å². The monoisotopic (exact) mass is 401 g/mol. The number of hydrogen-bond donors (Lipinski definition) is 1. The molecule has 1 saturated heterocycles. The zero-order valence-electron chi connectivity index (χ0n) is 16.4. The van der Waals surface area contributed by atoms with Gasteiger partial charge in [-0.25, -0.2) is 4.98 Å². The van der Waals surface area contributed by atoms with E-state index < -0.39 is 0 Å². The Kier molecular flexibility index (Phi) is 7.03. The Balaban J connectivity index is 1.54. The molecule has 6 nitrogen and oxygen atoms in total. The number of aromatic nitrogens is 1. The molecule has 1 N–H and O–H groups in total. The Morgan fingerprint density at radius 2 is 2.07 bits per heavy atom. The lowest BCUT2D eigenvalue weighted by molar-refractivity contribution is -0.133. The number of aryl methyl sites for hydroxylation is 1. The van der Waals surface area contributed by atoms with Crippen molar-refractivity contribution in [1.82, 2.24) is 15.2 Å². The first-order valence-corrected chi connectivity index (χ1v) is 10.5. The van der Waals surface area contributed by atoms with Crippen molar-refractivity contribution >= 4 is 23.2 Å². The third kappa shape index (κ3) is 5.10. The van der Waals surface area contributed by atoms with Crippen molar-refractivity contribution in [2.24, 2.45) is 5.92 Å². The fraction of sp³-hybridized carbons (Fsp3) is 0.476. The molecule has 3 rings (SSSR count). The average Bonchev–Trinajstić information content (AvgIpc) is 3.25. The molecule has 1 unspecified atom stereocenters. The van der Waals surface area contributed by atoms with Gasteiger partial charge in [0.2, 0.25) is 11.8 Å². The van der Waals surface area contributed by atoms with Crippen LogP contribution in [0.3, 0.4) is 0 Å². The Hall–Kier alpha value is -2.41. The van der Waals surface area contributed by atoms with Crippen LogP contribution >= 0.6 is 11.3 Å². The minimum atomic E-state index is -0.0664. The number of para-hydroxylation sites is 1. The summed E-state index contributed by atoms with van der Waals surface area (Å²) in [7, 11) is 1.65. The maximum Gasteiger partial charge on any atom is 0.222 e. The fourth-order valence-electron chi connectivity index (χ4n) is 3.78. The molecule has 1 aromatic heterocycles. The van der Waals surface area contributed by atoms with Crippen molar-refractivity contribution in [3.05, 3.63) is 46.4 Å². The van der Waals surface area contributed by atoms with Crippen LogP contribution in [0.15, 0.2) is 35.8 Å². The van der Waals surface area contributed by atoms with Gasteiger partial charge >= 0.3 is 0 Å². The molecule has 0 spiro atoms. The predicted molar refractivity (Wildman–Crippen MR) is 109 cm³/mol. The van der Waals surface area contributed by atoms with Gasteiger partial charge in [0.1, 0.15) is 10.8 Å². The van der Waals surface area contributed by atoms with Gasteiger partial charge in [-0.1, -0.05) is 18.2 Å². The molecule has 2 aromatic rings. The molecule has 7 heteroatoms. The van der Waals surface area contributed by atoms with Crippen LogP contribution in [-0.4, -0.2) is 41.9 Å². The number of rotatable bonds is 7. The average molecular weight is 402 g/mol. The minimum Gasteiger partial charge on any atom is -0.496 e. The zero-order valence-corrected chi connectivity index (χ0v) is 17.2. The number of carbonyl (C=O) groups excluding carboxylic acids is 2. The molecular weight excluding hydrogens is 374 g/mol. The Labute approximate surface area is 169 Å². The minimum absolute atomic E-state index is 0.0458. The van der Waals surface area contributed by atoms with E-state index in [4.69, 9.17) is 4.74 Å². The van der Waals surface area contributed by atoms with Crippen molar-refractivity contribution in [2.45, 2.75) is 38.6 Å². The maximum absolute atomic E-state index is 12.7. The lowest BCUT2D eigenvalue weighted by Gasteiger charge is -2.35. The highest BCUT2D eigenvalue weighted by Gasteiger charge is 2.31. The van der Waals surface area contributed by atoms with Crippen LogP contribution in [0, 0.1) is 5.92 Å². The number of methoxy groups -OCH3 is 1. The topological polar surface area (TPSA) is 71.5 Å². The van der Waals surface area contributed by atoms with Gasteiger partial charge in [-0.3, -0.25) is 9.59 Å². The summed E-state index contributed by atoms with van der Waals surface area (Å²) >= 11 is 1.56. The number of nitrogens with one attached hydrogen (secondary N) is 1. The van der Waals surface area contributed by atoms with Gasteiger partial charge in [0, 0.05) is 38.0 Å². The molecule has 1 aliphatic rings. The van der Waals surface area contributed by atoms with Crippen LogP contribution in [0.1, 0.15) is 42.8 Å². The van der Waals surface area contributed by atoms with Crippen LogP contribution in [0.2, 0.25) is 0 Å². The van der Waals surface area contributed by atoms with Gasteiger partial charge < -0.3 is 15.0 Å². The smallest absolute Gasteiger partial charge is 0.222 e. The van der Waals surface area contributed by atoms with Crippen molar-refractivity contribution in [1.29, 1.82) is 0 Å². The zero-order chi connectivity index (χ0) is 19.9. The SMILES string of the molecule is COc1ccccc1CCC(=O)N1CCC(C(NC(C)=O)c2nccs2)CC1. The van der Waals surface area contributed by atoms with Crippen molar-refractivity contribution in [3.63, 3.8) is 0 Å². The normalized spacial score (nSPS) is 15.9. The third-order valence-corrected chi connectivity index (χ3v) is 6.10. The number of piperidine rings is 1. The molecular formula is C21H27N3O3S. The van der Waals surface area contributed by atoms with E-state index in [2.05, 4.69) is 10.3 Å². The summed E-state index contributed by atoms with van der Waals surface area (Å²) in [5.74, 6) is 1.26. The first-order chi connectivity index (χ1) is 13.6. The highest BCUT2D eigenvalue weighted by atomic mass is 32.1. The molecule has 1 fully saturated rings. The fourth-order valence-corrected chi connectivity index (χ4v) is 4.56. The third-order valence-electron chi connectivity index (χ3n) is 5.24. The van der Waals surface area contributed by atoms with Crippen LogP contribution in [0.4, 0.5) is 0 Å². The van der Waals surface area contributed by atoms with E-state index in [1.54, 1.807) is 24.6 Å². The van der Waals surface area contributed by atoms with Crippen LogP contribution in [0.25, 0.3) is 0 Å². The number of benzene rings is 1. The standard InChI is InChI=1S/C21H27N3O3S/c1-15(25)23-20(21-22-11-14-28-21)17-9-12-24(13-10-17)19(26)8-7-16-5-3-4-6-18(16)27-2/h3-6,11,14,17,20H,7-10,12-13H2,1-2H3,(H,23,25). The lowest BCUT2D eigenvalue weighted by atomic mass is 9.89. The quantitative estimate of drug-likeness (QED) is 0.773. The van der Waals surface area contributed by atoms with Crippen LogP contribution in [0.5, 0.6) is 5.75 Å². The largest absolute Gasteiger partial charge is 0.496 e. The Bertz CT molecular complexity index is 786. The molecule has 28 heavy (non-hydrogen) atoms. The highest BCUT2D eigenvalue weighted by molar-refractivity contribution is 7.09. The van der Waals surface area contributed by atoms with Gasteiger partial charge in [-0.15, -0.1) is 11.3 Å². The first kappa shape index (κ1) is 20.3. The Morgan fingerprint density at radius 1 is 1.32 bits per heavy atom. The Morgan fingerprint density at radius 3 is 2.71 bits per heavy atom. The summed E-state index contributed by atoms with van der Waals surface area (Å²) in [5, 5.41) is 5.92. The van der Waals surface area contributed by atoms with E-state index in [1.165, 1.54) is 6.92 Å². The second-order valence-corrected chi connectivity index (χ2v) is 8.00. The second kappa shape index (κ2) is 9.68. The van der Waals surface area contributed by atoms with E-state index in [9.17, 15) is 9.59 Å². The molecule has 1 aliphatic heterocycles. The maximum atomic E-state index is 12.7.